The zero-order valence-corrected chi connectivity index (χ0v) is 13.8. The SMILES string of the molecule is CC(C)SCC(CC1CCCN(S(C)(=O)=O)C1)NN. The smallest absolute Gasteiger partial charge is 0.211 e. The molecule has 0 aromatic carbocycles. The Morgan fingerprint density at radius 1 is 1.47 bits per heavy atom. The molecule has 0 aromatic rings. The van der Waals surface area contributed by atoms with Gasteiger partial charge < -0.3 is 0 Å². The van der Waals surface area contributed by atoms with E-state index < -0.39 is 10.0 Å². The van der Waals surface area contributed by atoms with E-state index in [2.05, 4.69) is 19.3 Å². The zero-order valence-electron chi connectivity index (χ0n) is 12.1. The molecule has 0 amide bonds. The second kappa shape index (κ2) is 7.83. The van der Waals surface area contributed by atoms with Crippen molar-refractivity contribution in [3.63, 3.8) is 0 Å². The molecular formula is C12H27N3O2S2. The maximum Gasteiger partial charge on any atom is 0.211 e. The lowest BCUT2D eigenvalue weighted by molar-refractivity contribution is 0.242. The van der Waals surface area contributed by atoms with Crippen LogP contribution in [0.2, 0.25) is 0 Å². The molecule has 2 atom stereocenters. The van der Waals surface area contributed by atoms with Crippen LogP contribution >= 0.6 is 11.8 Å². The highest BCUT2D eigenvalue weighted by molar-refractivity contribution is 7.99. The van der Waals surface area contributed by atoms with Crippen molar-refractivity contribution in [3.8, 4) is 0 Å². The molecular weight excluding hydrogens is 282 g/mol. The molecule has 1 aliphatic heterocycles. The van der Waals surface area contributed by atoms with E-state index in [1.807, 2.05) is 11.8 Å². The van der Waals surface area contributed by atoms with Gasteiger partial charge in [0.25, 0.3) is 0 Å². The highest BCUT2D eigenvalue weighted by Gasteiger charge is 2.27. The minimum atomic E-state index is -3.05. The Hall–Kier alpha value is 0.180. The van der Waals surface area contributed by atoms with Crippen LogP contribution in [0.1, 0.15) is 33.1 Å². The van der Waals surface area contributed by atoms with E-state index in [4.69, 9.17) is 5.84 Å². The number of nitrogens with two attached hydrogens (primary N) is 1. The second-order valence-corrected chi connectivity index (χ2v) is 9.20. The molecule has 2 unspecified atom stereocenters. The summed E-state index contributed by atoms with van der Waals surface area (Å²) < 4.78 is 24.8. The number of nitrogens with zero attached hydrogens (tertiary/aromatic N) is 1. The van der Waals surface area contributed by atoms with Crippen molar-refractivity contribution < 1.29 is 8.42 Å². The third-order valence-electron chi connectivity index (χ3n) is 3.44. The third kappa shape index (κ3) is 6.44. The zero-order chi connectivity index (χ0) is 14.5. The highest BCUT2D eigenvalue weighted by Crippen LogP contribution is 2.24. The quantitative estimate of drug-likeness (QED) is 0.542. The van der Waals surface area contributed by atoms with Gasteiger partial charge in [0.2, 0.25) is 10.0 Å². The Labute approximate surface area is 121 Å². The van der Waals surface area contributed by atoms with Crippen LogP contribution in [0.5, 0.6) is 0 Å². The van der Waals surface area contributed by atoms with Crippen LogP contribution in [0.3, 0.4) is 0 Å². The summed E-state index contributed by atoms with van der Waals surface area (Å²) in [6.07, 6.45) is 4.29. The average molecular weight is 310 g/mol. The molecule has 0 spiro atoms. The summed E-state index contributed by atoms with van der Waals surface area (Å²) in [5.41, 5.74) is 2.87. The summed E-state index contributed by atoms with van der Waals surface area (Å²) >= 11 is 1.88. The monoisotopic (exact) mass is 309 g/mol. The van der Waals surface area contributed by atoms with Gasteiger partial charge in [0.1, 0.15) is 0 Å². The summed E-state index contributed by atoms with van der Waals surface area (Å²) in [6.45, 7) is 5.65. The summed E-state index contributed by atoms with van der Waals surface area (Å²) in [5, 5.41) is 0.592. The summed E-state index contributed by atoms with van der Waals surface area (Å²) in [5.74, 6) is 6.99. The van der Waals surface area contributed by atoms with Crippen molar-refractivity contribution in [1.29, 1.82) is 0 Å². The fraction of sp³-hybridized carbons (Fsp3) is 1.00. The van der Waals surface area contributed by atoms with Gasteiger partial charge >= 0.3 is 0 Å². The molecule has 5 nitrogen and oxygen atoms in total. The van der Waals surface area contributed by atoms with Crippen molar-refractivity contribution in [2.75, 3.05) is 25.1 Å². The van der Waals surface area contributed by atoms with E-state index in [1.165, 1.54) is 6.26 Å². The third-order valence-corrected chi connectivity index (χ3v) is 5.97. The summed E-state index contributed by atoms with van der Waals surface area (Å²) in [4.78, 5) is 0. The predicted octanol–water partition coefficient (Wildman–Crippen LogP) is 1.02. The Bertz CT molecular complexity index is 360. The van der Waals surface area contributed by atoms with Gasteiger partial charge in [0.05, 0.1) is 6.26 Å². The molecule has 1 fully saturated rings. The van der Waals surface area contributed by atoms with E-state index in [0.717, 1.165) is 25.0 Å². The van der Waals surface area contributed by atoms with Gasteiger partial charge in [-0.15, -0.1) is 0 Å². The van der Waals surface area contributed by atoms with Gasteiger partial charge in [-0.25, -0.2) is 12.7 Å². The standard InChI is InChI=1S/C12H27N3O2S2/c1-10(2)18-9-12(14-13)7-11-5-4-6-15(8-11)19(3,16)17/h10-12,14H,4-9,13H2,1-3H3. The Morgan fingerprint density at radius 2 is 2.16 bits per heavy atom. The van der Waals surface area contributed by atoms with Gasteiger partial charge in [0.15, 0.2) is 0 Å². The molecule has 0 radical (unpaired) electrons. The minimum absolute atomic E-state index is 0.261. The van der Waals surface area contributed by atoms with Crippen LogP contribution in [-0.2, 0) is 10.0 Å². The topological polar surface area (TPSA) is 75.4 Å². The van der Waals surface area contributed by atoms with Gasteiger partial charge in [-0.1, -0.05) is 13.8 Å². The van der Waals surface area contributed by atoms with E-state index in [1.54, 1.807) is 4.31 Å². The number of rotatable bonds is 7. The van der Waals surface area contributed by atoms with Gasteiger partial charge in [-0.2, -0.15) is 11.8 Å². The number of sulfonamides is 1. The van der Waals surface area contributed by atoms with E-state index in [9.17, 15) is 8.42 Å². The average Bonchev–Trinajstić information content (AvgIpc) is 2.33. The molecule has 1 rings (SSSR count). The second-order valence-electron chi connectivity index (χ2n) is 5.61. The molecule has 1 aliphatic rings. The lowest BCUT2D eigenvalue weighted by atomic mass is 9.93. The van der Waals surface area contributed by atoms with Gasteiger partial charge in [-0.05, 0) is 30.4 Å². The van der Waals surface area contributed by atoms with Crippen LogP contribution in [0, 0.1) is 5.92 Å². The van der Waals surface area contributed by atoms with E-state index in [0.29, 0.717) is 24.3 Å². The van der Waals surface area contributed by atoms with Crippen LogP contribution in [0.15, 0.2) is 0 Å². The number of thioether (sulfide) groups is 1. The first kappa shape index (κ1) is 17.2. The lowest BCUT2D eigenvalue weighted by Crippen LogP contribution is -2.44. The Kier molecular flexibility index (Phi) is 7.10. The largest absolute Gasteiger partial charge is 0.271 e. The molecule has 1 heterocycles. The summed E-state index contributed by atoms with van der Waals surface area (Å²) in [6, 6.07) is 0.261. The number of nitrogens with one attached hydrogen (secondary N) is 1. The van der Waals surface area contributed by atoms with Crippen LogP contribution in [0.25, 0.3) is 0 Å². The predicted molar refractivity (Wildman–Crippen MR) is 82.5 cm³/mol. The normalized spacial score (nSPS) is 23.7. The van der Waals surface area contributed by atoms with Crippen molar-refractivity contribution in [2.45, 2.75) is 44.4 Å². The maximum absolute atomic E-state index is 11.6. The van der Waals surface area contributed by atoms with Crippen LogP contribution in [-0.4, -0.2) is 49.1 Å². The van der Waals surface area contributed by atoms with Crippen molar-refractivity contribution in [3.05, 3.63) is 0 Å². The molecule has 3 N–H and O–H groups in total. The number of hydrogen-bond acceptors (Lipinski definition) is 5. The van der Waals surface area contributed by atoms with E-state index in [-0.39, 0.29) is 6.04 Å². The fourth-order valence-corrected chi connectivity index (χ4v) is 4.21. The number of piperidine rings is 1. The molecule has 19 heavy (non-hydrogen) atoms. The fourth-order valence-electron chi connectivity index (χ4n) is 2.42. The molecule has 0 aromatic heterocycles. The number of hydrazine groups is 1. The van der Waals surface area contributed by atoms with E-state index >= 15 is 0 Å². The highest BCUT2D eigenvalue weighted by atomic mass is 32.2. The van der Waals surface area contributed by atoms with Gasteiger partial charge in [-0.3, -0.25) is 11.3 Å². The Morgan fingerprint density at radius 3 is 2.68 bits per heavy atom. The van der Waals surface area contributed by atoms with Crippen LogP contribution in [0.4, 0.5) is 0 Å². The van der Waals surface area contributed by atoms with Crippen molar-refractivity contribution >= 4 is 21.8 Å². The molecule has 114 valence electrons. The first-order valence-electron chi connectivity index (χ1n) is 6.85. The first-order valence-corrected chi connectivity index (χ1v) is 9.75. The molecule has 7 heteroatoms. The van der Waals surface area contributed by atoms with Crippen molar-refractivity contribution in [1.82, 2.24) is 9.73 Å². The Balaban J connectivity index is 2.46. The maximum atomic E-state index is 11.6. The first-order chi connectivity index (χ1) is 8.82. The molecule has 1 saturated heterocycles. The lowest BCUT2D eigenvalue weighted by Gasteiger charge is -2.32. The minimum Gasteiger partial charge on any atom is -0.271 e. The molecule has 0 saturated carbocycles. The van der Waals surface area contributed by atoms with Crippen molar-refractivity contribution in [2.24, 2.45) is 11.8 Å². The number of hydrogen-bond donors (Lipinski definition) is 2. The van der Waals surface area contributed by atoms with Gasteiger partial charge in [0, 0.05) is 24.9 Å². The molecule has 0 bridgehead atoms. The molecule has 0 aliphatic carbocycles. The van der Waals surface area contributed by atoms with Crippen LogP contribution < -0.4 is 11.3 Å². The summed E-state index contributed by atoms with van der Waals surface area (Å²) in [7, 11) is -3.05.